The molecule has 9 heteroatoms. The third-order valence-corrected chi connectivity index (χ3v) is 6.60. The molecule has 3 rings (SSSR count). The first-order valence-corrected chi connectivity index (χ1v) is 10.7. The third kappa shape index (κ3) is 4.78. The van der Waals surface area contributed by atoms with Crippen molar-refractivity contribution in [1.82, 2.24) is 14.8 Å². The monoisotopic (exact) mass is 427 g/mol. The van der Waals surface area contributed by atoms with Crippen LogP contribution >= 0.6 is 23.1 Å². The number of nitrogens with one attached hydrogen (secondary N) is 1. The molecule has 0 unspecified atom stereocenters. The number of hydrogen-bond acceptors (Lipinski definition) is 7. The van der Waals surface area contributed by atoms with Gasteiger partial charge in [0.1, 0.15) is 23.4 Å². The first-order valence-electron chi connectivity index (χ1n) is 8.90. The second-order valence-electron chi connectivity index (χ2n) is 6.45. The minimum atomic E-state index is -0.187. The topological polar surface area (TPSA) is 92.8 Å². The fourth-order valence-corrected chi connectivity index (χ4v) is 4.36. The molecule has 0 saturated heterocycles. The summed E-state index contributed by atoms with van der Waals surface area (Å²) < 4.78 is 7.64. The molecule has 0 fully saturated rings. The highest BCUT2D eigenvalue weighted by Gasteiger charge is 2.16. The highest BCUT2D eigenvalue weighted by molar-refractivity contribution is 7.99. The Balaban J connectivity index is 1.58. The van der Waals surface area contributed by atoms with Crippen molar-refractivity contribution >= 4 is 34.0 Å². The second kappa shape index (κ2) is 9.11. The van der Waals surface area contributed by atoms with Gasteiger partial charge >= 0.3 is 0 Å². The molecule has 150 valence electrons. The molecule has 1 aromatic carbocycles. The lowest BCUT2D eigenvalue weighted by Crippen LogP contribution is -2.14. The number of anilines is 1. The van der Waals surface area contributed by atoms with Crippen LogP contribution in [0.4, 0.5) is 5.00 Å². The van der Waals surface area contributed by atoms with Crippen LogP contribution in [-0.2, 0) is 18.4 Å². The van der Waals surface area contributed by atoms with E-state index in [0.29, 0.717) is 28.2 Å². The highest BCUT2D eigenvalue weighted by Crippen LogP contribution is 2.31. The maximum Gasteiger partial charge on any atom is 0.235 e. The van der Waals surface area contributed by atoms with E-state index in [2.05, 4.69) is 21.6 Å². The predicted molar refractivity (Wildman–Crippen MR) is 114 cm³/mol. The van der Waals surface area contributed by atoms with Gasteiger partial charge in [0.15, 0.2) is 11.0 Å². The summed E-state index contributed by atoms with van der Waals surface area (Å²) in [6.45, 7) is 6.10. The molecule has 0 spiro atoms. The number of carbonyl (C=O) groups is 1. The first kappa shape index (κ1) is 20.9. The van der Waals surface area contributed by atoms with Crippen molar-refractivity contribution in [2.24, 2.45) is 7.05 Å². The van der Waals surface area contributed by atoms with E-state index in [4.69, 9.17) is 4.74 Å². The number of aromatic nitrogens is 3. The molecule has 0 aliphatic heterocycles. The minimum absolute atomic E-state index is 0.172. The standard InChI is InChI=1S/C20H21N5O2S2/c1-12-7-5-6-8-16(12)27-10-17-23-24-20(25(17)4)28-11-18(26)22-19-15(9-21)13(2)14(3)29-19/h5-8H,10-11H2,1-4H3,(H,22,26). The van der Waals surface area contributed by atoms with E-state index >= 15 is 0 Å². The Bertz CT molecular complexity index is 1080. The van der Waals surface area contributed by atoms with Gasteiger partial charge < -0.3 is 14.6 Å². The van der Waals surface area contributed by atoms with Crippen molar-refractivity contribution in [1.29, 1.82) is 5.26 Å². The number of benzene rings is 1. The fourth-order valence-electron chi connectivity index (χ4n) is 2.60. The summed E-state index contributed by atoms with van der Waals surface area (Å²) in [5.41, 5.74) is 2.49. The van der Waals surface area contributed by atoms with Crippen LogP contribution in [0, 0.1) is 32.1 Å². The van der Waals surface area contributed by atoms with Crippen LogP contribution in [0.2, 0.25) is 0 Å². The number of nitrogens with zero attached hydrogens (tertiary/aromatic N) is 4. The molecule has 2 aromatic heterocycles. The van der Waals surface area contributed by atoms with Gasteiger partial charge in [-0.3, -0.25) is 4.79 Å². The summed E-state index contributed by atoms with van der Waals surface area (Å²) >= 11 is 2.70. The quantitative estimate of drug-likeness (QED) is 0.573. The average molecular weight is 428 g/mol. The molecular weight excluding hydrogens is 406 g/mol. The summed E-state index contributed by atoms with van der Waals surface area (Å²) in [5, 5.41) is 21.6. The van der Waals surface area contributed by atoms with Crippen LogP contribution in [0.3, 0.4) is 0 Å². The van der Waals surface area contributed by atoms with E-state index in [1.54, 1.807) is 0 Å². The molecule has 3 aromatic rings. The van der Waals surface area contributed by atoms with Crippen molar-refractivity contribution in [2.45, 2.75) is 32.5 Å². The lowest BCUT2D eigenvalue weighted by molar-refractivity contribution is -0.113. The summed E-state index contributed by atoms with van der Waals surface area (Å²) in [4.78, 5) is 13.3. The largest absolute Gasteiger partial charge is 0.485 e. The number of thioether (sulfide) groups is 1. The number of thiophene rings is 1. The maximum atomic E-state index is 12.3. The average Bonchev–Trinajstić information content (AvgIpc) is 3.18. The zero-order chi connectivity index (χ0) is 21.0. The van der Waals surface area contributed by atoms with Crippen molar-refractivity contribution in [2.75, 3.05) is 11.1 Å². The van der Waals surface area contributed by atoms with E-state index < -0.39 is 0 Å². The zero-order valence-corrected chi connectivity index (χ0v) is 18.3. The number of rotatable bonds is 7. The molecule has 0 saturated carbocycles. The Hall–Kier alpha value is -2.83. The summed E-state index contributed by atoms with van der Waals surface area (Å²) in [6.07, 6.45) is 0. The zero-order valence-electron chi connectivity index (χ0n) is 16.6. The molecule has 1 N–H and O–H groups in total. The molecule has 7 nitrogen and oxygen atoms in total. The van der Waals surface area contributed by atoms with Crippen molar-refractivity contribution in [3.63, 3.8) is 0 Å². The number of amides is 1. The Morgan fingerprint density at radius 1 is 1.31 bits per heavy atom. The van der Waals surface area contributed by atoms with Gasteiger partial charge in [-0.05, 0) is 38.0 Å². The third-order valence-electron chi connectivity index (χ3n) is 4.46. The minimum Gasteiger partial charge on any atom is -0.485 e. The second-order valence-corrected chi connectivity index (χ2v) is 8.62. The Morgan fingerprint density at radius 2 is 2.07 bits per heavy atom. The van der Waals surface area contributed by atoms with Gasteiger partial charge in [-0.15, -0.1) is 21.5 Å². The summed E-state index contributed by atoms with van der Waals surface area (Å²) in [5.74, 6) is 1.46. The smallest absolute Gasteiger partial charge is 0.235 e. The van der Waals surface area contributed by atoms with E-state index in [1.807, 2.05) is 56.7 Å². The molecule has 2 heterocycles. The van der Waals surface area contributed by atoms with Crippen LogP contribution < -0.4 is 10.1 Å². The van der Waals surface area contributed by atoms with Gasteiger partial charge in [-0.2, -0.15) is 5.26 Å². The fraction of sp³-hybridized carbons (Fsp3) is 0.300. The van der Waals surface area contributed by atoms with E-state index in [-0.39, 0.29) is 11.7 Å². The maximum absolute atomic E-state index is 12.3. The summed E-state index contributed by atoms with van der Waals surface area (Å²) in [6, 6.07) is 9.94. The van der Waals surface area contributed by atoms with Gasteiger partial charge in [0, 0.05) is 11.9 Å². The molecule has 0 aliphatic rings. The van der Waals surface area contributed by atoms with Crippen LogP contribution in [-0.4, -0.2) is 26.4 Å². The summed E-state index contributed by atoms with van der Waals surface area (Å²) in [7, 11) is 1.84. The van der Waals surface area contributed by atoms with Gasteiger partial charge in [0.25, 0.3) is 0 Å². The normalized spacial score (nSPS) is 10.6. The molecule has 0 radical (unpaired) electrons. The molecule has 29 heavy (non-hydrogen) atoms. The number of nitriles is 1. The first-order chi connectivity index (χ1) is 13.9. The molecular formula is C20H21N5O2S2. The molecule has 0 bridgehead atoms. The van der Waals surface area contributed by atoms with E-state index in [9.17, 15) is 10.1 Å². The van der Waals surface area contributed by atoms with Crippen LogP contribution in [0.25, 0.3) is 0 Å². The van der Waals surface area contributed by atoms with Crippen molar-refractivity contribution in [3.8, 4) is 11.8 Å². The van der Waals surface area contributed by atoms with Crippen LogP contribution in [0.1, 0.15) is 27.4 Å². The van der Waals surface area contributed by atoms with Gasteiger partial charge in [0.2, 0.25) is 5.91 Å². The number of hydrogen-bond donors (Lipinski definition) is 1. The number of para-hydroxylation sites is 1. The predicted octanol–water partition coefficient (Wildman–Crippen LogP) is 3.98. The van der Waals surface area contributed by atoms with Gasteiger partial charge in [-0.1, -0.05) is 30.0 Å². The Labute approximate surface area is 177 Å². The Morgan fingerprint density at radius 3 is 2.79 bits per heavy atom. The van der Waals surface area contributed by atoms with E-state index in [1.165, 1.54) is 23.1 Å². The van der Waals surface area contributed by atoms with Crippen molar-refractivity contribution < 1.29 is 9.53 Å². The SMILES string of the molecule is Cc1ccccc1OCc1nnc(SCC(=O)Nc2sc(C)c(C)c2C#N)n1C. The van der Waals surface area contributed by atoms with Crippen LogP contribution in [0.15, 0.2) is 29.4 Å². The lowest BCUT2D eigenvalue weighted by atomic mass is 10.2. The molecule has 0 aliphatic carbocycles. The Kier molecular flexibility index (Phi) is 6.56. The number of carbonyl (C=O) groups excluding carboxylic acids is 1. The van der Waals surface area contributed by atoms with E-state index in [0.717, 1.165) is 21.8 Å². The number of aryl methyl sites for hydroxylation is 2. The van der Waals surface area contributed by atoms with Gasteiger partial charge in [-0.25, -0.2) is 0 Å². The number of ether oxygens (including phenoxy) is 1. The van der Waals surface area contributed by atoms with Gasteiger partial charge in [0.05, 0.1) is 11.3 Å². The molecule has 1 amide bonds. The van der Waals surface area contributed by atoms with Crippen LogP contribution in [0.5, 0.6) is 5.75 Å². The van der Waals surface area contributed by atoms with Crippen molar-refractivity contribution in [3.05, 3.63) is 51.7 Å². The lowest BCUT2D eigenvalue weighted by Gasteiger charge is -2.08. The molecule has 0 atom stereocenters. The highest BCUT2D eigenvalue weighted by atomic mass is 32.2.